The standard InChI is InChI=1S/C27H25ClF5N5O2/c1-13(14-6-8-38(11-14)20(39)5-7-28)24-21(27(34)37-12-36-24)25(35-2)16-4-3-15(9-17(16)29)40-26-22(32)18(30)10-19(31)23(26)33/h3-4,9-10,12-14H,5-8,11H2,1-2H3,(H2,34,36,37)/b35-25-. The van der Waals surface area contributed by atoms with Crippen molar-refractivity contribution in [3.8, 4) is 11.5 Å². The molecule has 2 unspecified atom stereocenters. The molecule has 1 amide bonds. The minimum absolute atomic E-state index is 0.0301. The zero-order chi connectivity index (χ0) is 29.1. The van der Waals surface area contributed by atoms with Gasteiger partial charge in [0.15, 0.2) is 11.6 Å². The highest BCUT2D eigenvalue weighted by atomic mass is 35.5. The van der Waals surface area contributed by atoms with E-state index in [2.05, 4.69) is 15.0 Å². The third-order valence-corrected chi connectivity index (χ3v) is 7.07. The number of amides is 1. The smallest absolute Gasteiger partial charge is 0.223 e. The highest BCUT2D eigenvalue weighted by Gasteiger charge is 2.33. The van der Waals surface area contributed by atoms with Gasteiger partial charge in [0.05, 0.1) is 17.0 Å². The van der Waals surface area contributed by atoms with E-state index in [1.54, 1.807) is 4.90 Å². The molecular formula is C27H25ClF5N5O2. The number of nitrogens with zero attached hydrogens (tertiary/aromatic N) is 4. The van der Waals surface area contributed by atoms with Gasteiger partial charge in [-0.1, -0.05) is 6.92 Å². The minimum Gasteiger partial charge on any atom is -0.451 e. The average Bonchev–Trinajstić information content (AvgIpc) is 3.42. The summed E-state index contributed by atoms with van der Waals surface area (Å²) in [5, 5.41) is 0. The molecule has 1 saturated heterocycles. The molecule has 1 aromatic heterocycles. The summed E-state index contributed by atoms with van der Waals surface area (Å²) in [5.74, 6) is -9.48. The lowest BCUT2D eigenvalue weighted by Crippen LogP contribution is -2.29. The molecule has 1 fully saturated rings. The molecule has 40 heavy (non-hydrogen) atoms. The fourth-order valence-electron chi connectivity index (χ4n) is 4.76. The van der Waals surface area contributed by atoms with Gasteiger partial charge in [-0.3, -0.25) is 9.79 Å². The summed E-state index contributed by atoms with van der Waals surface area (Å²) in [6.07, 6.45) is 2.25. The number of rotatable bonds is 8. The Morgan fingerprint density at radius 3 is 2.48 bits per heavy atom. The number of aliphatic imine (C=N–C) groups is 1. The first-order chi connectivity index (χ1) is 19.1. The number of carbonyl (C=O) groups excluding carboxylic acids is 1. The van der Waals surface area contributed by atoms with Crippen LogP contribution < -0.4 is 10.5 Å². The zero-order valence-electron chi connectivity index (χ0n) is 21.5. The molecule has 2 N–H and O–H groups in total. The number of hydrogen-bond acceptors (Lipinski definition) is 6. The summed E-state index contributed by atoms with van der Waals surface area (Å²) in [5.41, 5.74) is 7.06. The lowest BCUT2D eigenvalue weighted by molar-refractivity contribution is -0.129. The van der Waals surface area contributed by atoms with Crippen LogP contribution >= 0.6 is 11.6 Å². The summed E-state index contributed by atoms with van der Waals surface area (Å²) < 4.78 is 75.5. The van der Waals surface area contributed by atoms with Crippen molar-refractivity contribution >= 4 is 29.0 Å². The van der Waals surface area contributed by atoms with Crippen molar-refractivity contribution in [2.75, 3.05) is 31.8 Å². The van der Waals surface area contributed by atoms with Gasteiger partial charge < -0.3 is 15.4 Å². The lowest BCUT2D eigenvalue weighted by atomic mass is 9.86. The van der Waals surface area contributed by atoms with Crippen molar-refractivity contribution < 1.29 is 31.5 Å². The van der Waals surface area contributed by atoms with E-state index in [1.165, 1.54) is 19.4 Å². The molecule has 3 aromatic rings. The van der Waals surface area contributed by atoms with Gasteiger partial charge in [0.1, 0.15) is 23.7 Å². The van der Waals surface area contributed by atoms with Crippen molar-refractivity contribution in [2.45, 2.75) is 25.7 Å². The first-order valence-electron chi connectivity index (χ1n) is 12.3. The van der Waals surface area contributed by atoms with Crippen molar-refractivity contribution in [1.29, 1.82) is 0 Å². The second-order valence-corrected chi connectivity index (χ2v) is 9.63. The quantitative estimate of drug-likeness (QED) is 0.162. The topological polar surface area (TPSA) is 93.7 Å². The van der Waals surface area contributed by atoms with E-state index in [1.807, 2.05) is 6.92 Å². The number of anilines is 1. The Kier molecular flexibility index (Phi) is 8.87. The van der Waals surface area contributed by atoms with E-state index in [9.17, 15) is 22.4 Å². The second kappa shape index (κ2) is 12.2. The fraction of sp³-hybridized carbons (Fsp3) is 0.333. The minimum atomic E-state index is -1.76. The van der Waals surface area contributed by atoms with Gasteiger partial charge in [0, 0.05) is 56.1 Å². The number of alkyl halides is 1. The van der Waals surface area contributed by atoms with Crippen LogP contribution in [0.1, 0.15) is 42.5 Å². The van der Waals surface area contributed by atoms with Gasteiger partial charge in [-0.05, 0) is 24.5 Å². The van der Waals surface area contributed by atoms with E-state index in [-0.39, 0.29) is 53.2 Å². The zero-order valence-corrected chi connectivity index (χ0v) is 22.3. The SMILES string of the molecule is C/N=C(/c1ccc(Oc2c(F)c(F)cc(F)c2F)cc1F)c1c(N)ncnc1C(C)C1CCN(C(=O)CCCl)C1. The van der Waals surface area contributed by atoms with Gasteiger partial charge in [-0.25, -0.2) is 23.1 Å². The van der Waals surface area contributed by atoms with Crippen LogP contribution in [0.3, 0.4) is 0 Å². The van der Waals surface area contributed by atoms with Crippen LogP contribution in [0, 0.1) is 35.0 Å². The van der Waals surface area contributed by atoms with Crippen LogP contribution in [0.25, 0.3) is 0 Å². The number of aromatic nitrogens is 2. The molecule has 13 heteroatoms. The molecule has 212 valence electrons. The van der Waals surface area contributed by atoms with Gasteiger partial charge in [-0.15, -0.1) is 11.6 Å². The number of nitrogen functional groups attached to an aromatic ring is 1. The van der Waals surface area contributed by atoms with E-state index < -0.39 is 40.6 Å². The fourth-order valence-corrected chi connectivity index (χ4v) is 4.92. The Morgan fingerprint density at radius 2 is 1.85 bits per heavy atom. The van der Waals surface area contributed by atoms with E-state index in [0.717, 1.165) is 12.1 Å². The Hall–Kier alpha value is -3.80. The van der Waals surface area contributed by atoms with Crippen molar-refractivity contribution in [1.82, 2.24) is 14.9 Å². The molecule has 0 aliphatic carbocycles. The summed E-state index contributed by atoms with van der Waals surface area (Å²) >= 11 is 5.71. The van der Waals surface area contributed by atoms with Crippen molar-refractivity contribution in [3.05, 3.63) is 76.5 Å². The summed E-state index contributed by atoms with van der Waals surface area (Å²) in [4.78, 5) is 26.8. The Morgan fingerprint density at radius 1 is 1.15 bits per heavy atom. The maximum Gasteiger partial charge on any atom is 0.223 e. The summed E-state index contributed by atoms with van der Waals surface area (Å²) in [6.45, 7) is 2.99. The molecule has 2 atom stereocenters. The molecule has 0 radical (unpaired) electrons. The van der Waals surface area contributed by atoms with E-state index in [0.29, 0.717) is 30.8 Å². The molecule has 0 spiro atoms. The van der Waals surface area contributed by atoms with Crippen LogP contribution in [-0.2, 0) is 4.79 Å². The third-order valence-electron chi connectivity index (χ3n) is 6.88. The molecule has 2 aromatic carbocycles. The van der Waals surface area contributed by atoms with Gasteiger partial charge >= 0.3 is 0 Å². The number of ether oxygens (including phenoxy) is 1. The Labute approximate surface area is 231 Å². The van der Waals surface area contributed by atoms with E-state index in [4.69, 9.17) is 22.1 Å². The molecule has 1 aliphatic rings. The molecular weight excluding hydrogens is 557 g/mol. The molecule has 4 rings (SSSR count). The maximum absolute atomic E-state index is 15.4. The van der Waals surface area contributed by atoms with Gasteiger partial charge in [0.2, 0.25) is 23.3 Å². The van der Waals surface area contributed by atoms with Crippen LogP contribution in [0.4, 0.5) is 27.8 Å². The number of benzene rings is 2. The number of hydrogen-bond donors (Lipinski definition) is 1. The van der Waals surface area contributed by atoms with Gasteiger partial charge in [-0.2, -0.15) is 8.78 Å². The summed E-state index contributed by atoms with van der Waals surface area (Å²) in [7, 11) is 1.42. The number of nitrogens with two attached hydrogens (primary N) is 1. The number of carbonyl (C=O) groups is 1. The predicted molar refractivity (Wildman–Crippen MR) is 139 cm³/mol. The normalized spacial score (nSPS) is 16.4. The molecule has 2 heterocycles. The maximum atomic E-state index is 15.4. The molecule has 0 bridgehead atoms. The van der Waals surface area contributed by atoms with Crippen LogP contribution in [0.5, 0.6) is 11.5 Å². The predicted octanol–water partition coefficient (Wildman–Crippen LogP) is 5.59. The largest absolute Gasteiger partial charge is 0.451 e. The number of halogens is 6. The monoisotopic (exact) mass is 581 g/mol. The third kappa shape index (κ3) is 5.72. The highest BCUT2D eigenvalue weighted by Crippen LogP contribution is 2.36. The first-order valence-corrected chi connectivity index (χ1v) is 12.8. The van der Waals surface area contributed by atoms with Gasteiger partial charge in [0.25, 0.3) is 0 Å². The number of likely N-dealkylation sites (tertiary alicyclic amines) is 1. The van der Waals surface area contributed by atoms with Crippen LogP contribution in [0.15, 0.2) is 35.6 Å². The average molecular weight is 582 g/mol. The molecule has 7 nitrogen and oxygen atoms in total. The van der Waals surface area contributed by atoms with E-state index >= 15 is 4.39 Å². The lowest BCUT2D eigenvalue weighted by Gasteiger charge is -2.23. The first kappa shape index (κ1) is 29.2. The molecule has 1 aliphatic heterocycles. The van der Waals surface area contributed by atoms with Crippen molar-refractivity contribution in [3.63, 3.8) is 0 Å². The van der Waals surface area contributed by atoms with Crippen LogP contribution in [-0.4, -0.2) is 52.5 Å². The highest BCUT2D eigenvalue weighted by molar-refractivity contribution is 6.19. The Balaban J connectivity index is 1.65. The van der Waals surface area contributed by atoms with Crippen molar-refractivity contribution in [2.24, 2.45) is 10.9 Å². The second-order valence-electron chi connectivity index (χ2n) is 9.25. The Bertz CT molecular complexity index is 1450. The molecule has 0 saturated carbocycles. The summed E-state index contributed by atoms with van der Waals surface area (Å²) in [6, 6.07) is 3.22. The van der Waals surface area contributed by atoms with Crippen LogP contribution in [0.2, 0.25) is 0 Å².